The van der Waals surface area contributed by atoms with Crippen LogP contribution < -0.4 is 10.6 Å². The molecular weight excluding hydrogens is 124 g/mol. The second-order valence-electron chi connectivity index (χ2n) is 3.22. The van der Waals surface area contributed by atoms with Crippen molar-refractivity contribution in [2.75, 3.05) is 13.1 Å². The summed E-state index contributed by atoms with van der Waals surface area (Å²) in [5, 5.41) is 7.92. The number of nitrogens with zero attached hydrogens (tertiary/aromatic N) is 1. The summed E-state index contributed by atoms with van der Waals surface area (Å²) in [6.07, 6.45) is 2.47. The zero-order valence-electron chi connectivity index (χ0n) is 6.93. The van der Waals surface area contributed by atoms with Gasteiger partial charge in [-0.1, -0.05) is 0 Å². The molecule has 0 aliphatic carbocycles. The average molecular weight is 141 g/mol. The summed E-state index contributed by atoms with van der Waals surface area (Å²) in [5.74, 6) is 0. The minimum absolute atomic E-state index is 0.517. The third-order valence-corrected chi connectivity index (χ3v) is 1.82. The second-order valence-corrected chi connectivity index (χ2v) is 3.22. The van der Waals surface area contributed by atoms with Gasteiger partial charge >= 0.3 is 0 Å². The van der Waals surface area contributed by atoms with E-state index in [-0.39, 0.29) is 0 Å². The van der Waals surface area contributed by atoms with Crippen LogP contribution >= 0.6 is 0 Å². The van der Waals surface area contributed by atoms with Gasteiger partial charge in [-0.3, -0.25) is 0 Å². The lowest BCUT2D eigenvalue weighted by Crippen LogP contribution is -2.38. The van der Waals surface area contributed by atoms with Crippen LogP contribution in [0.2, 0.25) is 0 Å². The molecule has 0 amide bonds. The number of hydrogen-bond donors (Lipinski definition) is 1. The van der Waals surface area contributed by atoms with Crippen molar-refractivity contribution in [3.63, 3.8) is 0 Å². The van der Waals surface area contributed by atoms with Gasteiger partial charge in [0.1, 0.15) is 0 Å². The molecule has 0 saturated carbocycles. The lowest BCUT2D eigenvalue weighted by atomic mass is 10.1. The Morgan fingerprint density at radius 1 is 1.30 bits per heavy atom. The fourth-order valence-electron chi connectivity index (χ4n) is 1.38. The van der Waals surface area contributed by atoms with Crippen LogP contribution in [0.1, 0.15) is 26.7 Å². The zero-order chi connectivity index (χ0) is 7.40. The van der Waals surface area contributed by atoms with E-state index in [0.29, 0.717) is 12.1 Å². The maximum atomic E-state index is 4.60. The highest BCUT2D eigenvalue weighted by molar-refractivity contribution is 4.74. The van der Waals surface area contributed by atoms with Crippen LogP contribution in [-0.4, -0.2) is 25.2 Å². The molecule has 1 radical (unpaired) electrons. The molecule has 0 bridgehead atoms. The minimum atomic E-state index is 0.517. The Kier molecular flexibility index (Phi) is 3.16. The predicted octanol–water partition coefficient (Wildman–Crippen LogP) is 0.751. The Bertz CT molecular complexity index is 85.3. The summed E-state index contributed by atoms with van der Waals surface area (Å²) in [5.41, 5.74) is 0. The minimum Gasteiger partial charge on any atom is -0.317 e. The van der Waals surface area contributed by atoms with E-state index in [2.05, 4.69) is 24.5 Å². The summed E-state index contributed by atoms with van der Waals surface area (Å²) in [6.45, 7) is 6.62. The van der Waals surface area contributed by atoms with Crippen LogP contribution in [0.5, 0.6) is 0 Å². The molecule has 10 heavy (non-hydrogen) atoms. The lowest BCUT2D eigenvalue weighted by Gasteiger charge is -2.23. The van der Waals surface area contributed by atoms with Crippen molar-refractivity contribution in [1.82, 2.24) is 10.6 Å². The standard InChI is InChI=1S/C8H17N2/c1-7(2)10-8-3-5-9-6-4-8/h7-9H,3-6H2,1-2H3. The van der Waals surface area contributed by atoms with Gasteiger partial charge in [0.15, 0.2) is 0 Å². The first-order chi connectivity index (χ1) is 4.79. The Hall–Kier alpha value is -0.0800. The molecule has 0 aromatic heterocycles. The topological polar surface area (TPSA) is 26.1 Å². The van der Waals surface area contributed by atoms with Gasteiger partial charge in [0.25, 0.3) is 0 Å². The van der Waals surface area contributed by atoms with Crippen molar-refractivity contribution in [2.24, 2.45) is 0 Å². The van der Waals surface area contributed by atoms with E-state index in [9.17, 15) is 0 Å². The second kappa shape index (κ2) is 3.94. The van der Waals surface area contributed by atoms with Gasteiger partial charge in [-0.2, -0.15) is 0 Å². The molecule has 59 valence electrons. The van der Waals surface area contributed by atoms with E-state index in [4.69, 9.17) is 0 Å². The van der Waals surface area contributed by atoms with Crippen LogP contribution in [0, 0.1) is 0 Å². The lowest BCUT2D eigenvalue weighted by molar-refractivity contribution is 0.357. The Morgan fingerprint density at radius 2 is 1.90 bits per heavy atom. The van der Waals surface area contributed by atoms with E-state index < -0.39 is 0 Å². The molecule has 0 unspecified atom stereocenters. The fraction of sp³-hybridized carbons (Fsp3) is 1.00. The molecule has 0 atom stereocenters. The third kappa shape index (κ3) is 2.67. The number of piperidine rings is 1. The van der Waals surface area contributed by atoms with Crippen LogP contribution in [0.4, 0.5) is 0 Å². The van der Waals surface area contributed by atoms with Crippen LogP contribution in [0.25, 0.3) is 0 Å². The Balaban J connectivity index is 2.13. The van der Waals surface area contributed by atoms with E-state index in [1.165, 1.54) is 12.8 Å². The predicted molar refractivity (Wildman–Crippen MR) is 43.2 cm³/mol. The summed E-state index contributed by atoms with van der Waals surface area (Å²) >= 11 is 0. The highest BCUT2D eigenvalue weighted by Gasteiger charge is 2.13. The smallest absolute Gasteiger partial charge is 0.0273 e. The maximum absolute atomic E-state index is 4.60. The molecule has 2 heteroatoms. The maximum Gasteiger partial charge on any atom is 0.0273 e. The first-order valence-corrected chi connectivity index (χ1v) is 4.19. The zero-order valence-corrected chi connectivity index (χ0v) is 6.93. The van der Waals surface area contributed by atoms with Gasteiger partial charge in [0, 0.05) is 12.1 Å². The Labute approximate surface area is 63.4 Å². The molecule has 1 N–H and O–H groups in total. The number of nitrogens with one attached hydrogen (secondary N) is 1. The van der Waals surface area contributed by atoms with Gasteiger partial charge in [0.05, 0.1) is 0 Å². The van der Waals surface area contributed by atoms with Gasteiger partial charge in [-0.15, -0.1) is 0 Å². The summed E-state index contributed by atoms with van der Waals surface area (Å²) in [4.78, 5) is 0. The van der Waals surface area contributed by atoms with Gasteiger partial charge < -0.3 is 5.32 Å². The average Bonchev–Trinajstić information content (AvgIpc) is 1.88. The summed E-state index contributed by atoms with van der Waals surface area (Å²) in [6, 6.07) is 1.16. The van der Waals surface area contributed by atoms with E-state index in [1.54, 1.807) is 0 Å². The molecule has 1 rings (SSSR count). The molecule has 0 aromatic carbocycles. The molecule has 0 aromatic rings. The first kappa shape index (κ1) is 8.02. The summed E-state index contributed by atoms with van der Waals surface area (Å²) < 4.78 is 0. The van der Waals surface area contributed by atoms with Crippen molar-refractivity contribution in [2.45, 2.75) is 38.8 Å². The highest BCUT2D eigenvalue weighted by Crippen LogP contribution is 2.04. The summed E-state index contributed by atoms with van der Waals surface area (Å²) in [7, 11) is 0. The van der Waals surface area contributed by atoms with E-state index in [1.807, 2.05) is 0 Å². The van der Waals surface area contributed by atoms with Crippen molar-refractivity contribution in [1.29, 1.82) is 0 Å². The van der Waals surface area contributed by atoms with Gasteiger partial charge in [0.2, 0.25) is 0 Å². The largest absolute Gasteiger partial charge is 0.317 e. The highest BCUT2D eigenvalue weighted by atomic mass is 15.0. The first-order valence-electron chi connectivity index (χ1n) is 4.19. The van der Waals surface area contributed by atoms with Crippen LogP contribution in [0.3, 0.4) is 0 Å². The Morgan fingerprint density at radius 3 is 2.40 bits per heavy atom. The third-order valence-electron chi connectivity index (χ3n) is 1.82. The SMILES string of the molecule is CC(C)[N]C1CCNCC1. The molecule has 0 spiro atoms. The van der Waals surface area contributed by atoms with E-state index in [0.717, 1.165) is 13.1 Å². The van der Waals surface area contributed by atoms with Gasteiger partial charge in [-0.25, -0.2) is 5.32 Å². The van der Waals surface area contributed by atoms with Crippen LogP contribution in [-0.2, 0) is 0 Å². The fourth-order valence-corrected chi connectivity index (χ4v) is 1.38. The number of hydrogen-bond acceptors (Lipinski definition) is 1. The molecule has 1 aliphatic heterocycles. The van der Waals surface area contributed by atoms with Gasteiger partial charge in [-0.05, 0) is 39.8 Å². The molecule has 2 nitrogen and oxygen atoms in total. The van der Waals surface area contributed by atoms with Crippen molar-refractivity contribution in [3.8, 4) is 0 Å². The van der Waals surface area contributed by atoms with Crippen LogP contribution in [0.15, 0.2) is 0 Å². The van der Waals surface area contributed by atoms with Crippen molar-refractivity contribution >= 4 is 0 Å². The van der Waals surface area contributed by atoms with Crippen molar-refractivity contribution < 1.29 is 0 Å². The molecule has 1 aliphatic rings. The molecule has 1 saturated heterocycles. The quantitative estimate of drug-likeness (QED) is 0.603. The monoisotopic (exact) mass is 141 g/mol. The molecular formula is C8H17N2. The molecule has 1 heterocycles. The normalized spacial score (nSPS) is 21.9. The van der Waals surface area contributed by atoms with Crippen molar-refractivity contribution in [3.05, 3.63) is 0 Å². The number of rotatable bonds is 2. The van der Waals surface area contributed by atoms with E-state index >= 15 is 0 Å². The molecule has 1 fully saturated rings.